The number of fused-ring (bicyclic) bond motifs is 3. The van der Waals surface area contributed by atoms with Crippen LogP contribution in [-0.2, 0) is 22.5 Å². The molecule has 4 rings (SSSR count). The van der Waals surface area contributed by atoms with E-state index < -0.39 is 23.3 Å². The maximum Gasteiger partial charge on any atom is 0.327 e. The van der Waals surface area contributed by atoms with Gasteiger partial charge in [-0.1, -0.05) is 46.3 Å². The second kappa shape index (κ2) is 7.98. The molecule has 1 heterocycles. The van der Waals surface area contributed by atoms with Gasteiger partial charge in [0.15, 0.2) is 0 Å². The topological polar surface area (TPSA) is 91.0 Å². The number of carbonyl (C=O) groups is 1. The van der Waals surface area contributed by atoms with Crippen LogP contribution in [0.3, 0.4) is 0 Å². The van der Waals surface area contributed by atoms with Gasteiger partial charge in [-0.05, 0) is 42.0 Å². The molecule has 4 aromatic rings. The Labute approximate surface area is 177 Å². The summed E-state index contributed by atoms with van der Waals surface area (Å²) < 4.78 is 29.8. The van der Waals surface area contributed by atoms with E-state index in [0.717, 1.165) is 25.1 Å². The molecule has 0 bridgehead atoms. The smallest absolute Gasteiger partial charge is 0.327 e. The van der Waals surface area contributed by atoms with E-state index in [4.69, 9.17) is 4.42 Å². The fourth-order valence-corrected chi connectivity index (χ4v) is 4.29. The van der Waals surface area contributed by atoms with Gasteiger partial charge in [0.1, 0.15) is 17.2 Å². The molecule has 2 atom stereocenters. The van der Waals surface area contributed by atoms with Crippen LogP contribution in [-0.4, -0.2) is 25.9 Å². The number of anilines is 1. The van der Waals surface area contributed by atoms with Crippen molar-refractivity contribution in [2.24, 2.45) is 0 Å². The van der Waals surface area contributed by atoms with Crippen LogP contribution < -0.4 is 4.31 Å². The van der Waals surface area contributed by atoms with Crippen molar-refractivity contribution in [3.05, 3.63) is 76.8 Å². The van der Waals surface area contributed by atoms with E-state index in [-0.39, 0.29) is 6.42 Å². The summed E-state index contributed by atoms with van der Waals surface area (Å²) in [7, 11) is 0. The maximum absolute atomic E-state index is 12.2. The summed E-state index contributed by atoms with van der Waals surface area (Å²) in [5.41, 5.74) is 2.39. The molecular formula is C21H16BrNO5S. The Hall–Kier alpha value is -2.68. The Bertz CT molecular complexity index is 1220. The summed E-state index contributed by atoms with van der Waals surface area (Å²) in [5.74, 6) is -1.19. The van der Waals surface area contributed by atoms with E-state index in [1.807, 2.05) is 24.3 Å². The molecule has 0 saturated heterocycles. The Morgan fingerprint density at radius 2 is 1.72 bits per heavy atom. The lowest BCUT2D eigenvalue weighted by atomic mass is 10.1. The first-order chi connectivity index (χ1) is 13.9. The van der Waals surface area contributed by atoms with Crippen LogP contribution in [0.5, 0.6) is 0 Å². The van der Waals surface area contributed by atoms with Gasteiger partial charge in [-0.15, -0.1) is 0 Å². The number of furan rings is 1. The number of carboxylic acid groups (broad SMARTS) is 1. The van der Waals surface area contributed by atoms with Crippen molar-refractivity contribution in [1.82, 2.24) is 0 Å². The average molecular weight is 474 g/mol. The van der Waals surface area contributed by atoms with Crippen LogP contribution in [0.15, 0.2) is 75.6 Å². The molecule has 29 heavy (non-hydrogen) atoms. The highest BCUT2D eigenvalue weighted by Gasteiger charge is 2.30. The third kappa shape index (κ3) is 3.91. The first kappa shape index (κ1) is 19.6. The fourth-order valence-electron chi connectivity index (χ4n) is 3.34. The minimum Gasteiger partial charge on any atom is -0.480 e. The predicted octanol–water partition coefficient (Wildman–Crippen LogP) is 4.99. The zero-order chi connectivity index (χ0) is 20.5. The average Bonchev–Trinajstić information content (AvgIpc) is 3.07. The number of benzene rings is 3. The van der Waals surface area contributed by atoms with Gasteiger partial charge in [-0.3, -0.25) is 8.86 Å². The second-order valence-corrected chi connectivity index (χ2v) is 8.29. The molecule has 6 nitrogen and oxygen atoms in total. The minimum atomic E-state index is -2.53. The van der Waals surface area contributed by atoms with Crippen LogP contribution in [0.25, 0.3) is 21.9 Å². The number of hydrogen-bond acceptors (Lipinski definition) is 3. The number of halogens is 1. The molecule has 0 aliphatic rings. The molecule has 2 unspecified atom stereocenters. The number of aliphatic carboxylic acids is 1. The third-order valence-electron chi connectivity index (χ3n) is 4.69. The number of hydrogen-bond donors (Lipinski definition) is 2. The molecule has 3 aromatic carbocycles. The molecule has 8 heteroatoms. The maximum atomic E-state index is 12.2. The lowest BCUT2D eigenvalue weighted by molar-refractivity contribution is -0.138. The van der Waals surface area contributed by atoms with E-state index in [2.05, 4.69) is 15.9 Å². The minimum absolute atomic E-state index is 0.0685. The zero-order valence-electron chi connectivity index (χ0n) is 15.0. The van der Waals surface area contributed by atoms with Gasteiger partial charge in [0.25, 0.3) is 11.3 Å². The summed E-state index contributed by atoms with van der Waals surface area (Å²) in [6.45, 7) is 0. The van der Waals surface area contributed by atoms with Gasteiger partial charge in [0, 0.05) is 21.7 Å². The van der Waals surface area contributed by atoms with Crippen molar-refractivity contribution in [1.29, 1.82) is 0 Å². The lowest BCUT2D eigenvalue weighted by Gasteiger charge is -2.27. The summed E-state index contributed by atoms with van der Waals surface area (Å²) in [6.07, 6.45) is 0.0685. The molecule has 0 radical (unpaired) electrons. The first-order valence-electron chi connectivity index (χ1n) is 8.73. The van der Waals surface area contributed by atoms with E-state index >= 15 is 0 Å². The number of carboxylic acids is 1. The van der Waals surface area contributed by atoms with Crippen LogP contribution in [0.1, 0.15) is 5.56 Å². The SMILES string of the molecule is O=C(O)C(Cc1ccc(Br)cc1)N(c1ccc2oc3ccccc3c2c1)S(=O)O. The Morgan fingerprint density at radius 3 is 2.41 bits per heavy atom. The zero-order valence-corrected chi connectivity index (χ0v) is 17.4. The molecule has 0 spiro atoms. The van der Waals surface area contributed by atoms with Gasteiger partial charge in [-0.2, -0.15) is 0 Å². The van der Waals surface area contributed by atoms with Crippen LogP contribution in [0.2, 0.25) is 0 Å². The molecular weight excluding hydrogens is 458 g/mol. The standard InChI is InChI=1S/C21H16BrNO5S/c22-14-7-5-13(6-8-14)11-18(21(24)25)23(29(26)27)15-9-10-20-17(12-15)16-3-1-2-4-19(16)28-20/h1-10,12,18H,11H2,(H,24,25)(H,26,27). The fraction of sp³-hybridized carbons (Fsp3) is 0.0952. The van der Waals surface area contributed by atoms with Crippen molar-refractivity contribution in [2.45, 2.75) is 12.5 Å². The van der Waals surface area contributed by atoms with Crippen molar-refractivity contribution < 1.29 is 23.1 Å². The van der Waals surface area contributed by atoms with Crippen molar-refractivity contribution in [2.75, 3.05) is 4.31 Å². The number of para-hydroxylation sites is 1. The molecule has 2 N–H and O–H groups in total. The quantitative estimate of drug-likeness (QED) is 0.385. The van der Waals surface area contributed by atoms with Crippen LogP contribution >= 0.6 is 15.9 Å². The molecule has 0 saturated carbocycles. The van der Waals surface area contributed by atoms with Gasteiger partial charge in [-0.25, -0.2) is 9.00 Å². The molecule has 0 aliphatic carbocycles. The summed E-state index contributed by atoms with van der Waals surface area (Å²) >= 11 is 0.809. The monoisotopic (exact) mass is 473 g/mol. The molecule has 1 aromatic heterocycles. The third-order valence-corrected chi connectivity index (χ3v) is 6.02. The Kier molecular flexibility index (Phi) is 5.40. The highest BCUT2D eigenvalue weighted by molar-refractivity contribution is 9.10. The predicted molar refractivity (Wildman–Crippen MR) is 116 cm³/mol. The number of nitrogens with zero attached hydrogens (tertiary/aromatic N) is 1. The molecule has 0 aliphatic heterocycles. The largest absolute Gasteiger partial charge is 0.480 e. The first-order valence-corrected chi connectivity index (χ1v) is 10.6. The normalized spacial score (nSPS) is 13.4. The van der Waals surface area contributed by atoms with E-state index in [0.29, 0.717) is 16.9 Å². The van der Waals surface area contributed by atoms with Crippen LogP contribution in [0.4, 0.5) is 5.69 Å². The second-order valence-electron chi connectivity index (χ2n) is 6.52. The number of rotatable bonds is 6. The molecule has 148 valence electrons. The van der Waals surface area contributed by atoms with Gasteiger partial charge in [0.2, 0.25) is 0 Å². The Morgan fingerprint density at radius 1 is 1.03 bits per heavy atom. The van der Waals surface area contributed by atoms with Crippen molar-refractivity contribution in [3.63, 3.8) is 0 Å². The van der Waals surface area contributed by atoms with Crippen molar-refractivity contribution >= 4 is 60.8 Å². The highest BCUT2D eigenvalue weighted by atomic mass is 79.9. The van der Waals surface area contributed by atoms with E-state index in [1.54, 1.807) is 42.5 Å². The highest BCUT2D eigenvalue weighted by Crippen LogP contribution is 2.33. The van der Waals surface area contributed by atoms with E-state index in [9.17, 15) is 18.7 Å². The summed E-state index contributed by atoms with van der Waals surface area (Å²) in [5, 5.41) is 11.4. The van der Waals surface area contributed by atoms with Crippen molar-refractivity contribution in [3.8, 4) is 0 Å². The van der Waals surface area contributed by atoms with E-state index in [1.165, 1.54) is 0 Å². The lowest BCUT2D eigenvalue weighted by Crippen LogP contribution is -2.44. The van der Waals surface area contributed by atoms with Gasteiger partial charge < -0.3 is 9.52 Å². The molecule has 0 amide bonds. The Balaban J connectivity index is 1.78. The van der Waals surface area contributed by atoms with Gasteiger partial charge in [0.05, 0.1) is 5.69 Å². The van der Waals surface area contributed by atoms with Crippen LogP contribution in [0, 0.1) is 0 Å². The molecule has 0 fully saturated rings. The summed E-state index contributed by atoms with van der Waals surface area (Å²) in [4.78, 5) is 12.0. The van der Waals surface area contributed by atoms with Gasteiger partial charge >= 0.3 is 5.97 Å². The summed E-state index contributed by atoms with van der Waals surface area (Å²) in [6, 6.07) is 18.4.